The molecule has 0 radical (unpaired) electrons. The summed E-state index contributed by atoms with van der Waals surface area (Å²) < 4.78 is 7.43. The number of pyridine rings is 1. The molecule has 130 valence electrons. The second-order valence-corrected chi connectivity index (χ2v) is 5.61. The van der Waals surface area contributed by atoms with Crippen LogP contribution in [0.15, 0.2) is 55.0 Å². The lowest BCUT2D eigenvalue weighted by Gasteiger charge is -2.16. The van der Waals surface area contributed by atoms with Gasteiger partial charge in [0.15, 0.2) is 11.9 Å². The SMILES string of the molecule is Cc1nccn1-c1ncccc1NC(=O)[C@@H](C)Oc1cccc(C#N)c1. The monoisotopic (exact) mass is 347 g/mol. The summed E-state index contributed by atoms with van der Waals surface area (Å²) in [7, 11) is 0. The van der Waals surface area contributed by atoms with E-state index in [0.717, 1.165) is 5.82 Å². The summed E-state index contributed by atoms with van der Waals surface area (Å²) >= 11 is 0. The topological polar surface area (TPSA) is 92.8 Å². The predicted octanol–water partition coefficient (Wildman–Crippen LogP) is 2.85. The highest BCUT2D eigenvalue weighted by Crippen LogP contribution is 2.20. The zero-order valence-electron chi connectivity index (χ0n) is 14.4. The Morgan fingerprint density at radius 3 is 2.85 bits per heavy atom. The second-order valence-electron chi connectivity index (χ2n) is 5.61. The normalized spacial score (nSPS) is 11.4. The molecule has 0 aliphatic heterocycles. The smallest absolute Gasteiger partial charge is 0.265 e. The zero-order valence-corrected chi connectivity index (χ0v) is 14.4. The lowest BCUT2D eigenvalue weighted by atomic mass is 10.2. The Bertz CT molecular complexity index is 974. The molecule has 0 fully saturated rings. The lowest BCUT2D eigenvalue weighted by Crippen LogP contribution is -2.30. The number of carbonyl (C=O) groups is 1. The van der Waals surface area contributed by atoms with Gasteiger partial charge in [0.05, 0.1) is 17.3 Å². The fraction of sp³-hybridized carbons (Fsp3) is 0.158. The molecule has 0 aliphatic carbocycles. The molecule has 0 spiro atoms. The van der Waals surface area contributed by atoms with E-state index in [2.05, 4.69) is 15.3 Å². The van der Waals surface area contributed by atoms with Crippen molar-refractivity contribution in [3.8, 4) is 17.6 Å². The number of nitriles is 1. The van der Waals surface area contributed by atoms with Gasteiger partial charge in [-0.05, 0) is 44.2 Å². The Morgan fingerprint density at radius 2 is 2.12 bits per heavy atom. The quantitative estimate of drug-likeness (QED) is 0.766. The first-order chi connectivity index (χ1) is 12.6. The van der Waals surface area contributed by atoms with Crippen molar-refractivity contribution in [3.05, 3.63) is 66.4 Å². The van der Waals surface area contributed by atoms with E-state index < -0.39 is 6.10 Å². The first-order valence-corrected chi connectivity index (χ1v) is 8.01. The van der Waals surface area contributed by atoms with Crippen LogP contribution >= 0.6 is 0 Å². The third-order valence-electron chi connectivity index (χ3n) is 3.74. The standard InChI is InChI=1S/C19H17N5O2/c1-13(26-16-6-3-5-15(11-16)12-20)19(25)23-17-7-4-8-22-18(17)24-10-9-21-14(24)2/h3-11,13H,1-2H3,(H,23,25)/t13-/m1/s1. The van der Waals surface area contributed by atoms with E-state index in [0.29, 0.717) is 22.8 Å². The minimum Gasteiger partial charge on any atom is -0.481 e. The van der Waals surface area contributed by atoms with Crippen molar-refractivity contribution in [1.82, 2.24) is 14.5 Å². The van der Waals surface area contributed by atoms with Crippen LogP contribution in [0, 0.1) is 18.3 Å². The number of carbonyl (C=O) groups excluding carboxylic acids is 1. The van der Waals surface area contributed by atoms with Crippen molar-refractivity contribution >= 4 is 11.6 Å². The van der Waals surface area contributed by atoms with Gasteiger partial charge < -0.3 is 10.1 Å². The van der Waals surface area contributed by atoms with Gasteiger partial charge in [-0.25, -0.2) is 9.97 Å². The van der Waals surface area contributed by atoms with Gasteiger partial charge in [0.25, 0.3) is 5.91 Å². The molecule has 3 rings (SSSR count). The molecule has 1 N–H and O–H groups in total. The van der Waals surface area contributed by atoms with Crippen molar-refractivity contribution in [2.45, 2.75) is 20.0 Å². The van der Waals surface area contributed by atoms with Crippen LogP contribution < -0.4 is 10.1 Å². The number of amides is 1. The number of nitrogens with one attached hydrogen (secondary N) is 1. The Hall–Kier alpha value is -3.66. The highest BCUT2D eigenvalue weighted by Gasteiger charge is 2.18. The molecule has 7 heteroatoms. The first kappa shape index (κ1) is 17.2. The Morgan fingerprint density at radius 1 is 1.27 bits per heavy atom. The summed E-state index contributed by atoms with van der Waals surface area (Å²) in [4.78, 5) is 21.0. The molecule has 2 aromatic heterocycles. The minimum absolute atomic E-state index is 0.320. The van der Waals surface area contributed by atoms with Gasteiger partial charge in [0.1, 0.15) is 11.6 Å². The largest absolute Gasteiger partial charge is 0.481 e. The molecule has 7 nitrogen and oxygen atoms in total. The summed E-state index contributed by atoms with van der Waals surface area (Å²) in [6, 6.07) is 12.2. The van der Waals surface area contributed by atoms with Crippen molar-refractivity contribution in [3.63, 3.8) is 0 Å². The molecular weight excluding hydrogens is 330 g/mol. The van der Waals surface area contributed by atoms with Crippen molar-refractivity contribution in [2.75, 3.05) is 5.32 Å². The van der Waals surface area contributed by atoms with E-state index >= 15 is 0 Å². The molecule has 1 atom stereocenters. The van der Waals surface area contributed by atoms with E-state index in [4.69, 9.17) is 10.00 Å². The molecule has 26 heavy (non-hydrogen) atoms. The molecule has 0 bridgehead atoms. The number of ether oxygens (including phenoxy) is 1. The molecule has 3 aromatic rings. The van der Waals surface area contributed by atoms with E-state index in [-0.39, 0.29) is 5.91 Å². The van der Waals surface area contributed by atoms with Crippen LogP contribution in [-0.2, 0) is 4.79 Å². The van der Waals surface area contributed by atoms with Gasteiger partial charge in [0.2, 0.25) is 0 Å². The van der Waals surface area contributed by atoms with Crippen LogP contribution in [0.25, 0.3) is 5.82 Å². The average molecular weight is 347 g/mol. The third kappa shape index (κ3) is 3.70. The maximum absolute atomic E-state index is 12.5. The number of rotatable bonds is 5. The van der Waals surface area contributed by atoms with Gasteiger partial charge >= 0.3 is 0 Å². The van der Waals surface area contributed by atoms with E-state index in [1.165, 1.54) is 0 Å². The van der Waals surface area contributed by atoms with E-state index in [1.807, 2.05) is 13.0 Å². The fourth-order valence-corrected chi connectivity index (χ4v) is 2.42. The first-order valence-electron chi connectivity index (χ1n) is 8.01. The van der Waals surface area contributed by atoms with Crippen LogP contribution in [0.3, 0.4) is 0 Å². The molecular formula is C19H17N5O2. The molecule has 2 heterocycles. The van der Waals surface area contributed by atoms with Gasteiger partial charge in [0, 0.05) is 18.6 Å². The van der Waals surface area contributed by atoms with Crippen molar-refractivity contribution in [1.29, 1.82) is 5.26 Å². The second kappa shape index (κ2) is 7.49. The number of imidazole rings is 1. The number of hydrogen-bond acceptors (Lipinski definition) is 5. The summed E-state index contributed by atoms with van der Waals surface area (Å²) in [5.74, 6) is 1.48. The highest BCUT2D eigenvalue weighted by atomic mass is 16.5. The molecule has 0 unspecified atom stereocenters. The zero-order chi connectivity index (χ0) is 18.5. The summed E-state index contributed by atoms with van der Waals surface area (Å²) in [6.45, 7) is 3.50. The van der Waals surface area contributed by atoms with Crippen LogP contribution in [0.5, 0.6) is 5.75 Å². The van der Waals surface area contributed by atoms with Gasteiger partial charge in [-0.1, -0.05) is 6.07 Å². The van der Waals surface area contributed by atoms with E-state index in [1.54, 1.807) is 66.5 Å². The van der Waals surface area contributed by atoms with Crippen LogP contribution in [0.2, 0.25) is 0 Å². The molecule has 0 saturated carbocycles. The summed E-state index contributed by atoms with van der Waals surface area (Å²) in [6.07, 6.45) is 4.35. The Balaban J connectivity index is 1.76. The van der Waals surface area contributed by atoms with Gasteiger partial charge in [-0.2, -0.15) is 5.26 Å². The van der Waals surface area contributed by atoms with Crippen LogP contribution in [0.1, 0.15) is 18.3 Å². The van der Waals surface area contributed by atoms with Crippen molar-refractivity contribution < 1.29 is 9.53 Å². The number of aromatic nitrogens is 3. The Labute approximate surface area is 150 Å². The van der Waals surface area contributed by atoms with Gasteiger partial charge in [-0.3, -0.25) is 9.36 Å². The molecule has 0 aliphatic rings. The third-order valence-corrected chi connectivity index (χ3v) is 3.74. The minimum atomic E-state index is -0.749. The van der Waals surface area contributed by atoms with Crippen LogP contribution in [-0.4, -0.2) is 26.5 Å². The number of aryl methyl sites for hydroxylation is 1. The summed E-state index contributed by atoms with van der Waals surface area (Å²) in [5.41, 5.74) is 1.03. The molecule has 1 aromatic carbocycles. The lowest BCUT2D eigenvalue weighted by molar-refractivity contribution is -0.122. The van der Waals surface area contributed by atoms with Crippen molar-refractivity contribution in [2.24, 2.45) is 0 Å². The maximum atomic E-state index is 12.5. The van der Waals surface area contributed by atoms with Crippen LogP contribution in [0.4, 0.5) is 5.69 Å². The fourth-order valence-electron chi connectivity index (χ4n) is 2.42. The number of hydrogen-bond donors (Lipinski definition) is 1. The van der Waals surface area contributed by atoms with Gasteiger partial charge in [-0.15, -0.1) is 0 Å². The average Bonchev–Trinajstić information content (AvgIpc) is 3.08. The van der Waals surface area contributed by atoms with E-state index in [9.17, 15) is 4.79 Å². The predicted molar refractivity (Wildman–Crippen MR) is 96.0 cm³/mol. The maximum Gasteiger partial charge on any atom is 0.265 e. The number of nitrogens with zero attached hydrogens (tertiary/aromatic N) is 4. The molecule has 0 saturated heterocycles. The molecule has 1 amide bonds. The number of benzene rings is 1. The summed E-state index contributed by atoms with van der Waals surface area (Å²) in [5, 5.41) is 11.8. The Kier molecular flexibility index (Phi) is 4.94. The number of anilines is 1. The highest BCUT2D eigenvalue weighted by molar-refractivity contribution is 5.95.